The van der Waals surface area contributed by atoms with Gasteiger partial charge in [0.2, 0.25) is 0 Å². The summed E-state index contributed by atoms with van der Waals surface area (Å²) < 4.78 is 6.48. The standard InChI is InChI=1S/C13H23NOSi2/c1-16(2)10-9-13(15-17(16,3)4)11-7-5-6-8-12(11)14/h5-8,13H,9-10,14H2,1-4H3. The van der Waals surface area contributed by atoms with Gasteiger partial charge in [0.25, 0.3) is 0 Å². The number of nitrogen functional groups attached to an aromatic ring is 1. The van der Waals surface area contributed by atoms with Gasteiger partial charge in [-0.25, -0.2) is 0 Å². The number of hydrogen-bond acceptors (Lipinski definition) is 2. The number of para-hydroxylation sites is 1. The number of hydrogen-bond donors (Lipinski definition) is 1. The highest BCUT2D eigenvalue weighted by Gasteiger charge is 2.47. The van der Waals surface area contributed by atoms with Gasteiger partial charge in [-0.2, -0.15) is 0 Å². The van der Waals surface area contributed by atoms with Gasteiger partial charge in [-0.05, 0) is 25.6 Å². The van der Waals surface area contributed by atoms with Crippen LogP contribution in [0.2, 0.25) is 32.2 Å². The van der Waals surface area contributed by atoms with Crippen molar-refractivity contribution in [1.82, 2.24) is 0 Å². The summed E-state index contributed by atoms with van der Waals surface area (Å²) in [7, 11) is -2.64. The molecular weight excluding hydrogens is 242 g/mol. The van der Waals surface area contributed by atoms with Gasteiger partial charge in [-0.15, -0.1) is 0 Å². The summed E-state index contributed by atoms with van der Waals surface area (Å²) in [6.07, 6.45) is 1.38. The second kappa shape index (κ2) is 4.26. The van der Waals surface area contributed by atoms with E-state index in [1.54, 1.807) is 0 Å². The minimum absolute atomic E-state index is 0.235. The zero-order valence-electron chi connectivity index (χ0n) is 11.3. The molecule has 2 N–H and O–H groups in total. The minimum atomic E-state index is -1.50. The summed E-state index contributed by atoms with van der Waals surface area (Å²) in [6, 6.07) is 9.50. The van der Waals surface area contributed by atoms with Crippen molar-refractivity contribution >= 4 is 21.1 Å². The van der Waals surface area contributed by atoms with Crippen LogP contribution in [-0.2, 0) is 4.43 Å². The Morgan fingerprint density at radius 3 is 2.41 bits per heavy atom. The zero-order chi connectivity index (χ0) is 12.7. The summed E-state index contributed by atoms with van der Waals surface area (Å²) in [5.41, 5.74) is 8.12. The van der Waals surface area contributed by atoms with Crippen molar-refractivity contribution in [3.05, 3.63) is 29.8 Å². The van der Waals surface area contributed by atoms with Crippen LogP contribution in [0.5, 0.6) is 0 Å². The molecule has 0 aromatic heterocycles. The summed E-state index contributed by atoms with van der Waals surface area (Å²) >= 11 is 0. The molecule has 1 unspecified atom stereocenters. The molecule has 1 saturated heterocycles. The van der Waals surface area contributed by atoms with Crippen molar-refractivity contribution in [2.75, 3.05) is 5.73 Å². The predicted octanol–water partition coefficient (Wildman–Crippen LogP) is 3.72. The van der Waals surface area contributed by atoms with Crippen LogP contribution < -0.4 is 5.73 Å². The van der Waals surface area contributed by atoms with Crippen LogP contribution in [0, 0.1) is 0 Å². The normalized spacial score (nSPS) is 26.7. The number of benzene rings is 1. The number of nitrogens with two attached hydrogens (primary N) is 1. The SMILES string of the molecule is C[Si]1(C)CCC(c2ccccc2N)O[Si]1(C)C. The Kier molecular flexibility index (Phi) is 3.22. The van der Waals surface area contributed by atoms with Crippen LogP contribution in [0.3, 0.4) is 0 Å². The predicted molar refractivity (Wildman–Crippen MR) is 79.1 cm³/mol. The molecule has 0 saturated carbocycles. The molecule has 2 nitrogen and oxygen atoms in total. The first kappa shape index (κ1) is 12.9. The molecule has 1 aromatic carbocycles. The molecule has 0 radical (unpaired) electrons. The lowest BCUT2D eigenvalue weighted by Crippen LogP contribution is -2.60. The van der Waals surface area contributed by atoms with Gasteiger partial charge in [0.05, 0.1) is 13.7 Å². The molecule has 1 aromatic rings. The van der Waals surface area contributed by atoms with E-state index < -0.39 is 15.4 Å². The number of anilines is 1. The third kappa shape index (κ3) is 2.34. The Morgan fingerprint density at radius 1 is 1.18 bits per heavy atom. The van der Waals surface area contributed by atoms with Crippen molar-refractivity contribution in [3.8, 4) is 0 Å². The van der Waals surface area contributed by atoms with Gasteiger partial charge in [0, 0.05) is 11.3 Å². The highest BCUT2D eigenvalue weighted by Crippen LogP contribution is 2.41. The fourth-order valence-corrected chi connectivity index (χ4v) is 8.87. The molecule has 0 amide bonds. The molecule has 4 heteroatoms. The van der Waals surface area contributed by atoms with E-state index in [2.05, 4.69) is 38.3 Å². The van der Waals surface area contributed by atoms with Crippen LogP contribution in [0.4, 0.5) is 5.69 Å². The fraction of sp³-hybridized carbons (Fsp3) is 0.538. The van der Waals surface area contributed by atoms with Crippen LogP contribution >= 0.6 is 0 Å². The molecule has 0 aliphatic carbocycles. The Balaban J connectivity index is 2.25. The highest BCUT2D eigenvalue weighted by atomic mass is 29.3. The molecule has 0 bridgehead atoms. The smallest absolute Gasteiger partial charge is 0.174 e. The van der Waals surface area contributed by atoms with Crippen molar-refractivity contribution in [2.45, 2.75) is 44.8 Å². The molecule has 1 fully saturated rings. The first-order valence-corrected chi connectivity index (χ1v) is 13.5. The molecule has 1 heterocycles. The Morgan fingerprint density at radius 2 is 1.82 bits per heavy atom. The summed E-state index contributed by atoms with van der Waals surface area (Å²) in [5, 5.41) is 0. The maximum atomic E-state index is 6.48. The van der Waals surface area contributed by atoms with Crippen LogP contribution in [0.25, 0.3) is 0 Å². The molecule has 17 heavy (non-hydrogen) atoms. The van der Waals surface area contributed by atoms with E-state index in [0.717, 1.165) is 12.1 Å². The molecule has 2 rings (SSSR count). The molecule has 0 spiro atoms. The number of rotatable bonds is 1. The zero-order valence-corrected chi connectivity index (χ0v) is 13.3. The maximum absolute atomic E-state index is 6.48. The molecular formula is C13H23NOSi2. The van der Waals surface area contributed by atoms with Gasteiger partial charge < -0.3 is 10.2 Å². The van der Waals surface area contributed by atoms with Crippen molar-refractivity contribution in [3.63, 3.8) is 0 Å². The van der Waals surface area contributed by atoms with Gasteiger partial charge in [0.1, 0.15) is 0 Å². The second-order valence-electron chi connectivity index (χ2n) is 6.17. The van der Waals surface area contributed by atoms with Crippen LogP contribution in [0.1, 0.15) is 18.1 Å². The molecule has 94 valence electrons. The lowest BCUT2D eigenvalue weighted by Gasteiger charge is -2.46. The molecule has 1 aliphatic rings. The van der Waals surface area contributed by atoms with Crippen molar-refractivity contribution < 1.29 is 4.43 Å². The van der Waals surface area contributed by atoms with Gasteiger partial charge in [-0.1, -0.05) is 37.3 Å². The summed E-state index contributed by atoms with van der Waals surface area (Å²) in [4.78, 5) is 0. The summed E-state index contributed by atoms with van der Waals surface area (Å²) in [5.74, 6) is 0. The largest absolute Gasteiger partial charge is 0.413 e. The average molecular weight is 266 g/mol. The Bertz CT molecular complexity index is 418. The van der Waals surface area contributed by atoms with Crippen molar-refractivity contribution in [1.29, 1.82) is 0 Å². The minimum Gasteiger partial charge on any atom is -0.413 e. The second-order valence-corrected chi connectivity index (χ2v) is 21.4. The van der Waals surface area contributed by atoms with E-state index in [9.17, 15) is 0 Å². The molecule has 1 aliphatic heterocycles. The van der Waals surface area contributed by atoms with Crippen molar-refractivity contribution in [2.24, 2.45) is 0 Å². The lowest BCUT2D eigenvalue weighted by atomic mass is 10.1. The van der Waals surface area contributed by atoms with E-state index in [0.29, 0.717) is 0 Å². The van der Waals surface area contributed by atoms with E-state index >= 15 is 0 Å². The van der Waals surface area contributed by atoms with E-state index in [4.69, 9.17) is 10.2 Å². The van der Waals surface area contributed by atoms with E-state index in [1.165, 1.54) is 11.6 Å². The van der Waals surface area contributed by atoms with Gasteiger partial charge in [0.15, 0.2) is 7.83 Å². The molecule has 1 atom stereocenters. The van der Waals surface area contributed by atoms with Gasteiger partial charge in [-0.3, -0.25) is 0 Å². The lowest BCUT2D eigenvalue weighted by molar-refractivity contribution is 0.190. The van der Waals surface area contributed by atoms with Crippen LogP contribution in [-0.4, -0.2) is 15.4 Å². The summed E-state index contributed by atoms with van der Waals surface area (Å²) in [6.45, 7) is 9.71. The monoisotopic (exact) mass is 265 g/mol. The Labute approximate surface area is 106 Å². The van der Waals surface area contributed by atoms with Crippen LogP contribution in [0.15, 0.2) is 24.3 Å². The first-order valence-electron chi connectivity index (χ1n) is 6.36. The third-order valence-corrected chi connectivity index (χ3v) is 21.0. The van der Waals surface area contributed by atoms with E-state index in [-0.39, 0.29) is 6.10 Å². The van der Waals surface area contributed by atoms with Gasteiger partial charge >= 0.3 is 0 Å². The fourth-order valence-electron chi connectivity index (χ4n) is 2.39. The quantitative estimate of drug-likeness (QED) is 0.620. The highest BCUT2D eigenvalue weighted by molar-refractivity contribution is 7.38. The first-order chi connectivity index (χ1) is 7.83. The maximum Gasteiger partial charge on any atom is 0.174 e. The topological polar surface area (TPSA) is 35.2 Å². The Hall–Kier alpha value is -0.586. The third-order valence-electron chi connectivity index (χ3n) is 4.44. The average Bonchev–Trinajstić information content (AvgIpc) is 2.23. The van der Waals surface area contributed by atoms with E-state index in [1.807, 2.05) is 12.1 Å².